The van der Waals surface area contributed by atoms with Crippen LogP contribution in [0.1, 0.15) is 83.1 Å². The lowest BCUT2D eigenvalue weighted by molar-refractivity contribution is -0.253. The Hall–Kier alpha value is -1.17. The van der Waals surface area contributed by atoms with Gasteiger partial charge in [0.1, 0.15) is 0 Å². The van der Waals surface area contributed by atoms with Gasteiger partial charge < -0.3 is 19.7 Å². The molecule has 5 rings (SSSR count). The van der Waals surface area contributed by atoms with Crippen LogP contribution in [0.25, 0.3) is 0 Å². The number of hydrogen-bond donors (Lipinski definition) is 3. The number of rotatable bonds is 1. The Morgan fingerprint density at radius 1 is 0.931 bits per heavy atom. The van der Waals surface area contributed by atoms with Gasteiger partial charge in [-0.05, 0) is 86.2 Å². The van der Waals surface area contributed by atoms with Crippen LogP contribution in [0.3, 0.4) is 0 Å². The zero-order chi connectivity index (χ0) is 20.7. The molecule has 0 aliphatic heterocycles. The molecule has 4 fully saturated rings. The fourth-order valence-corrected chi connectivity index (χ4v) is 8.30. The Labute approximate surface area is 172 Å². The van der Waals surface area contributed by atoms with Crippen LogP contribution in [0, 0.1) is 22.7 Å². The van der Waals surface area contributed by atoms with Gasteiger partial charge >= 0.3 is 5.63 Å². The molecule has 0 spiro atoms. The first-order chi connectivity index (χ1) is 13.6. The summed E-state index contributed by atoms with van der Waals surface area (Å²) in [7, 11) is 0. The van der Waals surface area contributed by atoms with Gasteiger partial charge in [-0.2, -0.15) is 0 Å². The van der Waals surface area contributed by atoms with E-state index in [0.717, 1.165) is 50.5 Å². The van der Waals surface area contributed by atoms with Crippen LogP contribution >= 0.6 is 0 Å². The zero-order valence-electron chi connectivity index (χ0n) is 17.6. The second-order valence-corrected chi connectivity index (χ2v) is 11.0. The molecule has 5 nitrogen and oxygen atoms in total. The van der Waals surface area contributed by atoms with Gasteiger partial charge in [-0.3, -0.25) is 0 Å². The lowest BCUT2D eigenvalue weighted by atomic mass is 9.42. The summed E-state index contributed by atoms with van der Waals surface area (Å²) in [6.07, 6.45) is 8.22. The molecule has 1 aromatic heterocycles. The highest BCUT2D eigenvalue weighted by Gasteiger charge is 2.69. The Bertz CT molecular complexity index is 845. The molecule has 0 aromatic carbocycles. The normalized spacial score (nSPS) is 51.8. The highest BCUT2D eigenvalue weighted by atomic mass is 16.4. The average molecular weight is 403 g/mol. The average Bonchev–Trinajstić information content (AvgIpc) is 2.95. The zero-order valence-corrected chi connectivity index (χ0v) is 17.6. The summed E-state index contributed by atoms with van der Waals surface area (Å²) in [4.78, 5) is 11.4. The Kier molecular flexibility index (Phi) is 4.21. The number of aliphatic hydroxyl groups excluding tert-OH is 1. The van der Waals surface area contributed by atoms with Gasteiger partial charge in [0.15, 0.2) is 0 Å². The lowest BCUT2D eigenvalue weighted by Crippen LogP contribution is -2.67. The molecule has 0 radical (unpaired) electrons. The van der Waals surface area contributed by atoms with Crippen molar-refractivity contribution < 1.29 is 19.7 Å². The second kappa shape index (κ2) is 6.18. The maximum Gasteiger partial charge on any atom is 0.335 e. The predicted molar refractivity (Wildman–Crippen MR) is 108 cm³/mol. The summed E-state index contributed by atoms with van der Waals surface area (Å²) >= 11 is 0. The van der Waals surface area contributed by atoms with E-state index < -0.39 is 17.3 Å². The van der Waals surface area contributed by atoms with Crippen molar-refractivity contribution in [2.75, 3.05) is 0 Å². The third-order valence-electron chi connectivity index (χ3n) is 10.1. The monoisotopic (exact) mass is 402 g/mol. The summed E-state index contributed by atoms with van der Waals surface area (Å²) in [5.41, 5.74) is -1.41. The third-order valence-corrected chi connectivity index (χ3v) is 10.1. The first kappa shape index (κ1) is 19.8. The van der Waals surface area contributed by atoms with Gasteiger partial charge in [-0.1, -0.05) is 13.8 Å². The summed E-state index contributed by atoms with van der Waals surface area (Å²) in [6, 6.07) is 3.35. The first-order valence-electron chi connectivity index (χ1n) is 11.3. The molecule has 3 N–H and O–H groups in total. The summed E-state index contributed by atoms with van der Waals surface area (Å²) in [5.74, 6) is 0.626. The van der Waals surface area contributed by atoms with E-state index in [-0.39, 0.29) is 34.2 Å². The molecule has 0 unspecified atom stereocenters. The minimum atomic E-state index is -0.823. The van der Waals surface area contributed by atoms with Crippen LogP contribution in [0.2, 0.25) is 0 Å². The van der Waals surface area contributed by atoms with Gasteiger partial charge in [-0.25, -0.2) is 4.79 Å². The van der Waals surface area contributed by atoms with Crippen molar-refractivity contribution in [3.63, 3.8) is 0 Å². The van der Waals surface area contributed by atoms with Crippen LogP contribution < -0.4 is 5.63 Å². The molecule has 1 heterocycles. The van der Waals surface area contributed by atoms with E-state index in [0.29, 0.717) is 12.8 Å². The van der Waals surface area contributed by atoms with Crippen LogP contribution in [-0.2, 0) is 0 Å². The number of fused-ring (bicyclic) bond motifs is 5. The highest BCUT2D eigenvalue weighted by molar-refractivity contribution is 5.27. The van der Waals surface area contributed by atoms with E-state index in [1.807, 2.05) is 6.07 Å². The van der Waals surface area contributed by atoms with Crippen LogP contribution in [0.4, 0.5) is 0 Å². The number of hydrogen-bond acceptors (Lipinski definition) is 5. The Morgan fingerprint density at radius 3 is 2.38 bits per heavy atom. The predicted octanol–water partition coefficient (Wildman–Crippen LogP) is 3.36. The summed E-state index contributed by atoms with van der Waals surface area (Å²) in [6.45, 7) is 4.43. The van der Waals surface area contributed by atoms with Crippen molar-refractivity contribution in [3.05, 3.63) is 34.4 Å². The Balaban J connectivity index is 1.50. The molecule has 0 saturated heterocycles. The minimum absolute atomic E-state index is 0.169. The number of aliphatic hydroxyl groups is 3. The molecule has 5 heteroatoms. The van der Waals surface area contributed by atoms with Crippen molar-refractivity contribution in [1.82, 2.24) is 0 Å². The van der Waals surface area contributed by atoms with Gasteiger partial charge in [0.2, 0.25) is 0 Å². The smallest absolute Gasteiger partial charge is 0.335 e. The molecule has 0 amide bonds. The SMILES string of the molecule is C[C@]12CC[C@@H](O)C[C@@]1(O)CC[C@@H]1[C@@H]2CC[C@]2(C)[C@@H](c3ccc(=O)oc3)CC[C@]12O. The maximum absolute atomic E-state index is 12.2. The molecule has 4 aliphatic rings. The molecular weight excluding hydrogens is 368 g/mol. The van der Waals surface area contributed by atoms with E-state index in [9.17, 15) is 20.1 Å². The van der Waals surface area contributed by atoms with Gasteiger partial charge in [0.25, 0.3) is 0 Å². The van der Waals surface area contributed by atoms with E-state index >= 15 is 0 Å². The second-order valence-electron chi connectivity index (χ2n) is 11.0. The molecule has 4 saturated carbocycles. The first-order valence-corrected chi connectivity index (χ1v) is 11.3. The fraction of sp³-hybridized carbons (Fsp3) is 0.792. The van der Waals surface area contributed by atoms with Crippen LogP contribution in [0.15, 0.2) is 27.6 Å². The molecule has 0 bridgehead atoms. The summed E-state index contributed by atoms with van der Waals surface area (Å²) in [5, 5.41) is 33.9. The van der Waals surface area contributed by atoms with Crippen molar-refractivity contribution in [2.45, 2.75) is 94.9 Å². The topological polar surface area (TPSA) is 90.9 Å². The molecular formula is C24H34O5. The molecule has 8 atom stereocenters. The minimum Gasteiger partial charge on any atom is -0.431 e. The summed E-state index contributed by atoms with van der Waals surface area (Å²) < 4.78 is 5.15. The van der Waals surface area contributed by atoms with Crippen molar-refractivity contribution in [2.24, 2.45) is 22.7 Å². The maximum atomic E-state index is 12.2. The molecule has 29 heavy (non-hydrogen) atoms. The Morgan fingerprint density at radius 2 is 1.66 bits per heavy atom. The lowest BCUT2D eigenvalue weighted by Gasteiger charge is -2.66. The van der Waals surface area contributed by atoms with Gasteiger partial charge in [0, 0.05) is 17.9 Å². The molecule has 160 valence electrons. The quantitative estimate of drug-likeness (QED) is 0.670. The van der Waals surface area contributed by atoms with Crippen LogP contribution in [-0.4, -0.2) is 32.6 Å². The molecule has 4 aliphatic carbocycles. The van der Waals surface area contributed by atoms with Gasteiger partial charge in [-0.15, -0.1) is 0 Å². The van der Waals surface area contributed by atoms with Gasteiger partial charge in [0.05, 0.1) is 23.6 Å². The fourth-order valence-electron chi connectivity index (χ4n) is 8.30. The van der Waals surface area contributed by atoms with Crippen molar-refractivity contribution in [3.8, 4) is 0 Å². The van der Waals surface area contributed by atoms with Crippen molar-refractivity contribution in [1.29, 1.82) is 0 Å². The highest BCUT2D eigenvalue weighted by Crippen LogP contribution is 2.71. The van der Waals surface area contributed by atoms with Crippen LogP contribution in [0.5, 0.6) is 0 Å². The van der Waals surface area contributed by atoms with E-state index in [4.69, 9.17) is 4.42 Å². The van der Waals surface area contributed by atoms with Crippen molar-refractivity contribution >= 4 is 0 Å². The van der Waals surface area contributed by atoms with E-state index in [1.54, 1.807) is 6.26 Å². The molecule has 1 aromatic rings. The van der Waals surface area contributed by atoms with E-state index in [2.05, 4.69) is 13.8 Å². The van der Waals surface area contributed by atoms with E-state index in [1.165, 1.54) is 6.07 Å². The third kappa shape index (κ3) is 2.47. The standard InChI is InChI=1S/C24H34O5/c1-21-9-5-16(25)13-23(21,27)11-7-19-18(21)6-10-22(2)17(8-12-24(19,22)28)15-3-4-20(26)29-14-15/h3-4,14,16-19,25,27-28H,5-13H2,1-2H3/t16-,17-,18+,19-,21-,22-,23+,24+/m1/s1. The largest absolute Gasteiger partial charge is 0.431 e.